The molecule has 1 aliphatic carbocycles. The summed E-state index contributed by atoms with van der Waals surface area (Å²) in [6.45, 7) is 0.672. The van der Waals surface area contributed by atoms with E-state index >= 15 is 0 Å². The highest BCUT2D eigenvalue weighted by atomic mass is 16.5. The van der Waals surface area contributed by atoms with Crippen LogP contribution in [0.15, 0.2) is 78.9 Å². The van der Waals surface area contributed by atoms with E-state index in [2.05, 4.69) is 6.07 Å². The number of nitrogens with zero attached hydrogens (tertiary/aromatic N) is 2. The predicted octanol–water partition coefficient (Wildman–Crippen LogP) is 4.80. The number of carbonyl (C=O) groups excluding carboxylic acids is 1. The van der Waals surface area contributed by atoms with Crippen LogP contribution in [0.4, 0.5) is 0 Å². The number of hydrogen-bond donors (Lipinski definition) is 0. The van der Waals surface area contributed by atoms with Crippen LogP contribution in [0.2, 0.25) is 0 Å². The van der Waals surface area contributed by atoms with Crippen LogP contribution in [-0.2, 0) is 11.3 Å². The van der Waals surface area contributed by atoms with Gasteiger partial charge in [-0.2, -0.15) is 5.26 Å². The first-order valence-corrected chi connectivity index (χ1v) is 9.80. The fourth-order valence-electron chi connectivity index (χ4n) is 3.30. The van der Waals surface area contributed by atoms with Crippen molar-refractivity contribution in [1.82, 2.24) is 4.90 Å². The van der Waals surface area contributed by atoms with Crippen molar-refractivity contribution in [3.05, 3.63) is 90.0 Å². The number of nitriles is 1. The third-order valence-corrected chi connectivity index (χ3v) is 5.07. The first-order chi connectivity index (χ1) is 14.2. The zero-order chi connectivity index (χ0) is 20.1. The number of ether oxygens (including phenoxy) is 1. The summed E-state index contributed by atoms with van der Waals surface area (Å²) < 4.78 is 5.76. The molecule has 0 bridgehead atoms. The van der Waals surface area contributed by atoms with Crippen molar-refractivity contribution in [2.75, 3.05) is 6.61 Å². The summed E-state index contributed by atoms with van der Waals surface area (Å²) >= 11 is 0. The van der Waals surface area contributed by atoms with E-state index in [0.717, 1.165) is 29.5 Å². The summed E-state index contributed by atoms with van der Waals surface area (Å²) in [6.07, 6.45) is 2.13. The standard InChI is InChI=1S/C25H22N2O2/c26-16-19-6-8-21(9-7-19)22-10-14-24(15-11-22)29-18-25(28)27(23-12-13-23)17-20-4-2-1-3-5-20/h1-11,14-15,23H,12-13,17-18H2. The summed E-state index contributed by atoms with van der Waals surface area (Å²) in [5, 5.41) is 8.90. The van der Waals surface area contributed by atoms with Gasteiger partial charge in [0.15, 0.2) is 6.61 Å². The molecule has 0 aromatic heterocycles. The predicted molar refractivity (Wildman–Crippen MR) is 112 cm³/mol. The molecule has 0 unspecified atom stereocenters. The average Bonchev–Trinajstić information content (AvgIpc) is 3.62. The molecule has 1 aliphatic rings. The van der Waals surface area contributed by atoms with E-state index in [-0.39, 0.29) is 12.5 Å². The first kappa shape index (κ1) is 18.8. The fourth-order valence-corrected chi connectivity index (χ4v) is 3.30. The summed E-state index contributed by atoms with van der Waals surface area (Å²) in [6, 6.07) is 27.7. The molecule has 1 saturated carbocycles. The number of hydrogen-bond acceptors (Lipinski definition) is 3. The second-order valence-corrected chi connectivity index (χ2v) is 7.24. The molecule has 4 heteroatoms. The van der Waals surface area contributed by atoms with Crippen molar-refractivity contribution in [3.63, 3.8) is 0 Å². The highest BCUT2D eigenvalue weighted by Gasteiger charge is 2.32. The number of carbonyl (C=O) groups is 1. The quantitative estimate of drug-likeness (QED) is 0.590. The Morgan fingerprint density at radius 3 is 2.14 bits per heavy atom. The Morgan fingerprint density at radius 1 is 0.931 bits per heavy atom. The van der Waals surface area contributed by atoms with Crippen LogP contribution in [0.3, 0.4) is 0 Å². The van der Waals surface area contributed by atoms with Gasteiger partial charge in [-0.1, -0.05) is 54.6 Å². The summed E-state index contributed by atoms with van der Waals surface area (Å²) in [7, 11) is 0. The molecule has 3 aromatic rings. The van der Waals surface area contributed by atoms with Crippen LogP contribution in [0.25, 0.3) is 11.1 Å². The molecule has 0 spiro atoms. The van der Waals surface area contributed by atoms with Crippen LogP contribution in [-0.4, -0.2) is 23.5 Å². The van der Waals surface area contributed by atoms with E-state index in [9.17, 15) is 4.79 Å². The van der Waals surface area contributed by atoms with E-state index in [1.807, 2.05) is 71.6 Å². The molecule has 0 atom stereocenters. The lowest BCUT2D eigenvalue weighted by Gasteiger charge is -2.22. The number of amides is 1. The Morgan fingerprint density at radius 2 is 1.55 bits per heavy atom. The van der Waals surface area contributed by atoms with E-state index < -0.39 is 0 Å². The molecule has 0 saturated heterocycles. The third kappa shape index (κ3) is 4.83. The molecule has 1 amide bonds. The third-order valence-electron chi connectivity index (χ3n) is 5.07. The van der Waals surface area contributed by atoms with Crippen LogP contribution in [0.5, 0.6) is 5.75 Å². The Hall–Kier alpha value is -3.58. The van der Waals surface area contributed by atoms with Gasteiger partial charge in [-0.25, -0.2) is 0 Å². The lowest BCUT2D eigenvalue weighted by Crippen LogP contribution is -2.36. The van der Waals surface area contributed by atoms with Gasteiger partial charge in [0, 0.05) is 12.6 Å². The Labute approximate surface area is 171 Å². The van der Waals surface area contributed by atoms with Crippen molar-refractivity contribution in [1.29, 1.82) is 5.26 Å². The Kier molecular flexibility index (Phi) is 5.58. The van der Waals surface area contributed by atoms with Gasteiger partial charge in [0.25, 0.3) is 5.91 Å². The van der Waals surface area contributed by atoms with Gasteiger partial charge < -0.3 is 9.64 Å². The normalized spacial score (nSPS) is 12.8. The zero-order valence-corrected chi connectivity index (χ0v) is 16.1. The van der Waals surface area contributed by atoms with Crippen LogP contribution < -0.4 is 4.74 Å². The average molecular weight is 382 g/mol. The maximum Gasteiger partial charge on any atom is 0.261 e. The van der Waals surface area contributed by atoms with Gasteiger partial charge in [0.05, 0.1) is 11.6 Å². The minimum Gasteiger partial charge on any atom is -0.484 e. The van der Waals surface area contributed by atoms with Gasteiger partial charge in [-0.05, 0) is 53.8 Å². The molecule has 29 heavy (non-hydrogen) atoms. The van der Waals surface area contributed by atoms with Gasteiger partial charge in [0.2, 0.25) is 0 Å². The highest BCUT2D eigenvalue weighted by molar-refractivity contribution is 5.78. The van der Waals surface area contributed by atoms with Crippen molar-refractivity contribution >= 4 is 5.91 Å². The van der Waals surface area contributed by atoms with E-state index in [1.165, 1.54) is 0 Å². The van der Waals surface area contributed by atoms with Crippen molar-refractivity contribution in [3.8, 4) is 22.9 Å². The van der Waals surface area contributed by atoms with Crippen LogP contribution in [0, 0.1) is 11.3 Å². The fraction of sp³-hybridized carbons (Fsp3) is 0.200. The van der Waals surface area contributed by atoms with Crippen molar-refractivity contribution in [2.24, 2.45) is 0 Å². The monoisotopic (exact) mass is 382 g/mol. The van der Waals surface area contributed by atoms with Gasteiger partial charge in [-0.3, -0.25) is 4.79 Å². The van der Waals surface area contributed by atoms with Crippen LogP contribution >= 0.6 is 0 Å². The van der Waals surface area contributed by atoms with Crippen molar-refractivity contribution < 1.29 is 9.53 Å². The van der Waals surface area contributed by atoms with E-state index in [4.69, 9.17) is 10.00 Å². The molecule has 0 N–H and O–H groups in total. The Balaban J connectivity index is 1.36. The second-order valence-electron chi connectivity index (χ2n) is 7.24. The largest absolute Gasteiger partial charge is 0.484 e. The second kappa shape index (κ2) is 8.62. The molecule has 3 aromatic carbocycles. The highest BCUT2D eigenvalue weighted by Crippen LogP contribution is 2.29. The zero-order valence-electron chi connectivity index (χ0n) is 16.1. The SMILES string of the molecule is N#Cc1ccc(-c2ccc(OCC(=O)N(Cc3ccccc3)C3CC3)cc2)cc1. The minimum absolute atomic E-state index is 0.0209. The van der Waals surface area contributed by atoms with E-state index in [1.54, 1.807) is 12.1 Å². The topological polar surface area (TPSA) is 53.3 Å². The van der Waals surface area contributed by atoms with Crippen molar-refractivity contribution in [2.45, 2.75) is 25.4 Å². The molecule has 0 heterocycles. The summed E-state index contributed by atoms with van der Waals surface area (Å²) in [5.41, 5.74) is 3.86. The minimum atomic E-state index is 0.0209. The molecule has 0 radical (unpaired) electrons. The molecule has 0 aliphatic heterocycles. The van der Waals surface area contributed by atoms with E-state index in [0.29, 0.717) is 23.9 Å². The number of rotatable bonds is 7. The molecule has 4 rings (SSSR count). The van der Waals surface area contributed by atoms with Crippen LogP contribution in [0.1, 0.15) is 24.0 Å². The Bertz CT molecular complexity index is 1000. The number of benzene rings is 3. The maximum atomic E-state index is 12.7. The maximum absolute atomic E-state index is 12.7. The molecule has 144 valence electrons. The van der Waals surface area contributed by atoms with Gasteiger partial charge >= 0.3 is 0 Å². The molecule has 1 fully saturated rings. The lowest BCUT2D eigenvalue weighted by molar-refractivity contribution is -0.134. The van der Waals surface area contributed by atoms with Gasteiger partial charge in [-0.15, -0.1) is 0 Å². The lowest BCUT2D eigenvalue weighted by atomic mass is 10.0. The molecule has 4 nitrogen and oxygen atoms in total. The molecular formula is C25H22N2O2. The summed E-state index contributed by atoms with van der Waals surface area (Å²) in [4.78, 5) is 14.7. The smallest absolute Gasteiger partial charge is 0.261 e. The summed E-state index contributed by atoms with van der Waals surface area (Å²) in [5.74, 6) is 0.693. The van der Waals surface area contributed by atoms with Gasteiger partial charge in [0.1, 0.15) is 5.75 Å². The molecular weight excluding hydrogens is 360 g/mol. The first-order valence-electron chi connectivity index (χ1n) is 9.80.